The minimum absolute atomic E-state index is 0.343. The van der Waals surface area contributed by atoms with Gasteiger partial charge in [0.25, 0.3) is 0 Å². The normalized spacial score (nSPS) is 10.8. The molecule has 4 heteroatoms. The molecular formula is C13H14BrNO2. The highest BCUT2D eigenvalue weighted by molar-refractivity contribution is 9.10. The van der Waals surface area contributed by atoms with Crippen LogP contribution in [0, 0.1) is 0 Å². The van der Waals surface area contributed by atoms with Crippen molar-refractivity contribution in [3.8, 4) is 5.75 Å². The van der Waals surface area contributed by atoms with Crippen molar-refractivity contribution >= 4 is 15.9 Å². The number of aromatic nitrogens is 1. The van der Waals surface area contributed by atoms with Crippen molar-refractivity contribution in [1.82, 2.24) is 4.98 Å². The Labute approximate surface area is 109 Å². The van der Waals surface area contributed by atoms with Gasteiger partial charge < -0.3 is 9.15 Å². The second kappa shape index (κ2) is 5.36. The van der Waals surface area contributed by atoms with Crippen molar-refractivity contribution in [1.29, 1.82) is 0 Å². The van der Waals surface area contributed by atoms with E-state index >= 15 is 0 Å². The quantitative estimate of drug-likeness (QED) is 0.850. The third-order valence-electron chi connectivity index (χ3n) is 2.33. The van der Waals surface area contributed by atoms with Crippen LogP contribution in [0.5, 0.6) is 5.75 Å². The summed E-state index contributed by atoms with van der Waals surface area (Å²) in [5.41, 5.74) is 0. The van der Waals surface area contributed by atoms with Gasteiger partial charge in [-0.1, -0.05) is 26.0 Å². The Morgan fingerprint density at radius 2 is 2.12 bits per heavy atom. The molecule has 0 bridgehead atoms. The molecule has 0 aliphatic carbocycles. The van der Waals surface area contributed by atoms with Gasteiger partial charge in [0, 0.05) is 5.92 Å². The maximum Gasteiger partial charge on any atom is 0.232 e. The number of ether oxygens (including phenoxy) is 1. The molecule has 0 saturated heterocycles. The zero-order chi connectivity index (χ0) is 12.3. The summed E-state index contributed by atoms with van der Waals surface area (Å²) in [6, 6.07) is 7.70. The van der Waals surface area contributed by atoms with E-state index in [9.17, 15) is 0 Å². The lowest BCUT2D eigenvalue weighted by atomic mass is 10.2. The van der Waals surface area contributed by atoms with E-state index in [0.717, 1.165) is 16.0 Å². The molecule has 2 aromatic rings. The van der Waals surface area contributed by atoms with E-state index in [1.165, 1.54) is 0 Å². The van der Waals surface area contributed by atoms with Crippen molar-refractivity contribution in [2.45, 2.75) is 26.4 Å². The Balaban J connectivity index is 2.00. The second-order valence-corrected chi connectivity index (χ2v) is 4.88. The number of para-hydroxylation sites is 1. The van der Waals surface area contributed by atoms with Crippen LogP contribution in [-0.4, -0.2) is 4.98 Å². The van der Waals surface area contributed by atoms with Crippen LogP contribution in [0.3, 0.4) is 0 Å². The molecule has 1 heterocycles. The molecule has 2 rings (SSSR count). The van der Waals surface area contributed by atoms with Crippen LogP contribution in [0.2, 0.25) is 0 Å². The summed E-state index contributed by atoms with van der Waals surface area (Å²) in [4.78, 5) is 4.18. The minimum atomic E-state index is 0.343. The molecule has 3 nitrogen and oxygen atoms in total. The summed E-state index contributed by atoms with van der Waals surface area (Å²) in [5.74, 6) is 2.62. The first-order chi connectivity index (χ1) is 8.16. The molecule has 0 amide bonds. The summed E-state index contributed by atoms with van der Waals surface area (Å²) in [6.07, 6.45) is 1.75. The third-order valence-corrected chi connectivity index (χ3v) is 2.98. The summed E-state index contributed by atoms with van der Waals surface area (Å²) in [7, 11) is 0. The van der Waals surface area contributed by atoms with Crippen molar-refractivity contribution < 1.29 is 9.15 Å². The molecule has 0 radical (unpaired) electrons. The van der Waals surface area contributed by atoms with Crippen LogP contribution in [0.4, 0.5) is 0 Å². The molecule has 0 unspecified atom stereocenters. The number of benzene rings is 1. The van der Waals surface area contributed by atoms with Crippen molar-refractivity contribution in [2.75, 3.05) is 0 Å². The first-order valence-electron chi connectivity index (χ1n) is 5.48. The zero-order valence-electron chi connectivity index (χ0n) is 9.81. The molecule has 0 saturated carbocycles. The van der Waals surface area contributed by atoms with Gasteiger partial charge in [-0.3, -0.25) is 0 Å². The average Bonchev–Trinajstić information content (AvgIpc) is 2.77. The Morgan fingerprint density at radius 3 is 2.76 bits per heavy atom. The molecule has 1 aromatic heterocycles. The van der Waals surface area contributed by atoms with Gasteiger partial charge in [-0.2, -0.15) is 0 Å². The lowest BCUT2D eigenvalue weighted by Crippen LogP contribution is -1.95. The molecule has 0 N–H and O–H groups in total. The third kappa shape index (κ3) is 3.09. The van der Waals surface area contributed by atoms with E-state index in [1.807, 2.05) is 24.3 Å². The first kappa shape index (κ1) is 12.2. The highest BCUT2D eigenvalue weighted by Gasteiger charge is 2.08. The smallest absolute Gasteiger partial charge is 0.232 e. The Bertz CT molecular complexity index is 494. The summed E-state index contributed by atoms with van der Waals surface area (Å²) < 4.78 is 12.1. The Hall–Kier alpha value is -1.29. The standard InChI is InChI=1S/C13H14BrNO2/c1-9(2)12-7-15-13(17-12)8-16-11-6-4-3-5-10(11)14/h3-7,9H,8H2,1-2H3. The van der Waals surface area contributed by atoms with Gasteiger partial charge in [0.1, 0.15) is 11.5 Å². The van der Waals surface area contributed by atoms with E-state index in [2.05, 4.69) is 34.8 Å². The predicted octanol–water partition coefficient (Wildman–Crippen LogP) is 4.14. The molecule has 0 aliphatic rings. The number of hydrogen-bond acceptors (Lipinski definition) is 3. The van der Waals surface area contributed by atoms with E-state index in [-0.39, 0.29) is 0 Å². The highest BCUT2D eigenvalue weighted by atomic mass is 79.9. The molecule has 0 aliphatic heterocycles. The first-order valence-corrected chi connectivity index (χ1v) is 6.28. The largest absolute Gasteiger partial charge is 0.483 e. The van der Waals surface area contributed by atoms with Crippen LogP contribution in [0.15, 0.2) is 39.4 Å². The number of rotatable bonds is 4. The molecule has 0 spiro atoms. The fourth-order valence-corrected chi connectivity index (χ4v) is 1.76. The average molecular weight is 296 g/mol. The number of hydrogen-bond donors (Lipinski definition) is 0. The van der Waals surface area contributed by atoms with E-state index < -0.39 is 0 Å². The van der Waals surface area contributed by atoms with Crippen LogP contribution in [0.25, 0.3) is 0 Å². The fourth-order valence-electron chi connectivity index (χ4n) is 1.36. The Kier molecular flexibility index (Phi) is 3.84. The van der Waals surface area contributed by atoms with Gasteiger partial charge in [-0.25, -0.2) is 4.98 Å². The predicted molar refractivity (Wildman–Crippen MR) is 69.1 cm³/mol. The monoisotopic (exact) mass is 295 g/mol. The molecule has 0 atom stereocenters. The van der Waals surface area contributed by atoms with E-state index in [1.54, 1.807) is 6.20 Å². The van der Waals surface area contributed by atoms with Crippen molar-refractivity contribution in [3.05, 3.63) is 46.6 Å². The summed E-state index contributed by atoms with van der Waals surface area (Å²) in [5, 5.41) is 0. The number of halogens is 1. The van der Waals surface area contributed by atoms with Crippen LogP contribution >= 0.6 is 15.9 Å². The second-order valence-electron chi connectivity index (χ2n) is 4.03. The van der Waals surface area contributed by atoms with E-state index in [4.69, 9.17) is 9.15 Å². The minimum Gasteiger partial charge on any atom is -0.483 e. The summed E-state index contributed by atoms with van der Waals surface area (Å²) in [6.45, 7) is 4.48. The van der Waals surface area contributed by atoms with Crippen molar-refractivity contribution in [3.63, 3.8) is 0 Å². The number of nitrogens with zero attached hydrogens (tertiary/aromatic N) is 1. The van der Waals surface area contributed by atoms with Crippen LogP contribution < -0.4 is 4.74 Å². The molecule has 1 aromatic carbocycles. The van der Waals surface area contributed by atoms with Crippen LogP contribution in [0.1, 0.15) is 31.4 Å². The topological polar surface area (TPSA) is 35.3 Å². The van der Waals surface area contributed by atoms with Gasteiger partial charge in [-0.15, -0.1) is 0 Å². The van der Waals surface area contributed by atoms with Gasteiger partial charge in [0.15, 0.2) is 6.61 Å². The molecular weight excluding hydrogens is 282 g/mol. The highest BCUT2D eigenvalue weighted by Crippen LogP contribution is 2.25. The van der Waals surface area contributed by atoms with Gasteiger partial charge >= 0.3 is 0 Å². The maximum atomic E-state index is 5.61. The lowest BCUT2D eigenvalue weighted by molar-refractivity contribution is 0.256. The van der Waals surface area contributed by atoms with Gasteiger partial charge in [-0.05, 0) is 28.1 Å². The molecule has 0 fully saturated rings. The van der Waals surface area contributed by atoms with Crippen LogP contribution in [-0.2, 0) is 6.61 Å². The van der Waals surface area contributed by atoms with Gasteiger partial charge in [0.05, 0.1) is 10.7 Å². The van der Waals surface area contributed by atoms with Crippen molar-refractivity contribution in [2.24, 2.45) is 0 Å². The SMILES string of the molecule is CC(C)c1cnc(COc2ccccc2Br)o1. The molecule has 17 heavy (non-hydrogen) atoms. The lowest BCUT2D eigenvalue weighted by Gasteiger charge is -2.05. The maximum absolute atomic E-state index is 5.61. The zero-order valence-corrected chi connectivity index (χ0v) is 11.4. The summed E-state index contributed by atoms with van der Waals surface area (Å²) >= 11 is 3.42. The fraction of sp³-hybridized carbons (Fsp3) is 0.308. The van der Waals surface area contributed by atoms with Gasteiger partial charge in [0.2, 0.25) is 5.89 Å². The van der Waals surface area contributed by atoms with E-state index in [0.29, 0.717) is 18.4 Å². The molecule has 90 valence electrons. The number of oxazole rings is 1. The Morgan fingerprint density at radius 1 is 1.35 bits per heavy atom.